The summed E-state index contributed by atoms with van der Waals surface area (Å²) in [6, 6.07) is 20.4. The van der Waals surface area contributed by atoms with Crippen LogP contribution in [0.4, 0.5) is 5.69 Å². The number of amides is 1. The summed E-state index contributed by atoms with van der Waals surface area (Å²) in [5.74, 6) is 1.24. The SMILES string of the molecule is COc1ccc(S(=O)(=O)N2CCOCC2)cc1NC(=O)c1ccc(Oc2ccccc2)cc1. The molecule has 8 nitrogen and oxygen atoms in total. The lowest BCUT2D eigenvalue weighted by atomic mass is 10.2. The predicted octanol–water partition coefficient (Wildman–Crippen LogP) is 3.76. The van der Waals surface area contributed by atoms with Gasteiger partial charge in [-0.3, -0.25) is 4.79 Å². The van der Waals surface area contributed by atoms with Crippen molar-refractivity contribution >= 4 is 21.6 Å². The molecule has 4 rings (SSSR count). The Balaban J connectivity index is 1.51. The number of benzene rings is 3. The van der Waals surface area contributed by atoms with Gasteiger partial charge in [-0.05, 0) is 54.6 Å². The first-order valence-corrected chi connectivity index (χ1v) is 11.8. The maximum Gasteiger partial charge on any atom is 0.255 e. The third kappa shape index (κ3) is 5.33. The highest BCUT2D eigenvalue weighted by Crippen LogP contribution is 2.30. The van der Waals surface area contributed by atoms with Crippen LogP contribution in [-0.2, 0) is 14.8 Å². The summed E-state index contributed by atoms with van der Waals surface area (Å²) in [6.45, 7) is 1.27. The van der Waals surface area contributed by atoms with Crippen LogP contribution in [0.3, 0.4) is 0 Å². The number of hydrogen-bond donors (Lipinski definition) is 1. The molecule has 0 saturated carbocycles. The lowest BCUT2D eigenvalue weighted by Crippen LogP contribution is -2.40. The van der Waals surface area contributed by atoms with Crippen LogP contribution in [0.25, 0.3) is 0 Å². The summed E-state index contributed by atoms with van der Waals surface area (Å²) >= 11 is 0. The van der Waals surface area contributed by atoms with E-state index in [-0.39, 0.29) is 23.7 Å². The number of rotatable bonds is 7. The van der Waals surface area contributed by atoms with E-state index in [1.807, 2.05) is 30.3 Å². The molecule has 1 aliphatic heterocycles. The normalized spacial score (nSPS) is 14.5. The minimum absolute atomic E-state index is 0.0760. The van der Waals surface area contributed by atoms with Crippen LogP contribution in [0.15, 0.2) is 77.7 Å². The van der Waals surface area contributed by atoms with Crippen molar-refractivity contribution in [2.75, 3.05) is 38.7 Å². The van der Waals surface area contributed by atoms with Gasteiger partial charge < -0.3 is 19.5 Å². The van der Waals surface area contributed by atoms with Crippen LogP contribution in [-0.4, -0.2) is 52.0 Å². The first-order valence-electron chi connectivity index (χ1n) is 10.4. The first-order chi connectivity index (χ1) is 16.0. The molecule has 0 unspecified atom stereocenters. The maximum absolute atomic E-state index is 13.0. The smallest absolute Gasteiger partial charge is 0.255 e. The Kier molecular flexibility index (Phi) is 6.93. The molecule has 9 heteroatoms. The molecule has 172 valence electrons. The third-order valence-electron chi connectivity index (χ3n) is 5.12. The molecule has 1 amide bonds. The summed E-state index contributed by atoms with van der Waals surface area (Å²) < 4.78 is 43.6. The topological polar surface area (TPSA) is 94.2 Å². The second-order valence-corrected chi connectivity index (χ2v) is 9.21. The van der Waals surface area contributed by atoms with Gasteiger partial charge in [-0.1, -0.05) is 18.2 Å². The van der Waals surface area contributed by atoms with E-state index in [0.29, 0.717) is 36.0 Å². The Morgan fingerprint density at radius 3 is 2.27 bits per heavy atom. The number of morpholine rings is 1. The van der Waals surface area contributed by atoms with Crippen LogP contribution in [0, 0.1) is 0 Å². The standard InChI is InChI=1S/C24H24N2O6S/c1-30-23-12-11-21(33(28,29)26-13-15-31-16-14-26)17-22(23)25-24(27)18-7-9-20(10-8-18)32-19-5-3-2-4-6-19/h2-12,17H,13-16H2,1H3,(H,25,27). The number of methoxy groups -OCH3 is 1. The van der Waals surface area contributed by atoms with E-state index in [1.165, 1.54) is 29.6 Å². The molecule has 1 heterocycles. The molecule has 0 aliphatic carbocycles. The van der Waals surface area contributed by atoms with Crippen molar-refractivity contribution in [3.63, 3.8) is 0 Å². The molecule has 0 spiro atoms. The molecule has 33 heavy (non-hydrogen) atoms. The molecular formula is C24H24N2O6S. The van der Waals surface area contributed by atoms with Gasteiger partial charge in [0.2, 0.25) is 10.0 Å². The fraction of sp³-hybridized carbons (Fsp3) is 0.208. The molecule has 0 radical (unpaired) electrons. The average Bonchev–Trinajstić information content (AvgIpc) is 2.85. The Hall–Kier alpha value is -3.40. The molecule has 3 aromatic rings. The third-order valence-corrected chi connectivity index (χ3v) is 7.02. The summed E-state index contributed by atoms with van der Waals surface area (Å²) in [5, 5.41) is 2.75. The fourth-order valence-electron chi connectivity index (χ4n) is 3.37. The van der Waals surface area contributed by atoms with E-state index in [1.54, 1.807) is 24.3 Å². The van der Waals surface area contributed by atoms with Crippen LogP contribution in [0.2, 0.25) is 0 Å². The summed E-state index contributed by atoms with van der Waals surface area (Å²) in [6.07, 6.45) is 0. The van der Waals surface area contributed by atoms with Crippen molar-refractivity contribution in [3.05, 3.63) is 78.4 Å². The van der Waals surface area contributed by atoms with E-state index in [4.69, 9.17) is 14.2 Å². The minimum atomic E-state index is -3.72. The lowest BCUT2D eigenvalue weighted by Gasteiger charge is -2.26. The predicted molar refractivity (Wildman–Crippen MR) is 123 cm³/mol. The fourth-order valence-corrected chi connectivity index (χ4v) is 4.81. The second kappa shape index (κ2) is 10.0. The van der Waals surface area contributed by atoms with E-state index in [0.717, 1.165) is 0 Å². The Morgan fingerprint density at radius 1 is 0.939 bits per heavy atom. The van der Waals surface area contributed by atoms with E-state index < -0.39 is 15.9 Å². The quantitative estimate of drug-likeness (QED) is 0.568. The van der Waals surface area contributed by atoms with E-state index in [2.05, 4.69) is 5.32 Å². The summed E-state index contributed by atoms with van der Waals surface area (Å²) in [4.78, 5) is 12.9. The molecule has 3 aromatic carbocycles. The van der Waals surface area contributed by atoms with Gasteiger partial charge in [-0.25, -0.2) is 8.42 Å². The van der Waals surface area contributed by atoms with Gasteiger partial charge in [-0.15, -0.1) is 0 Å². The van der Waals surface area contributed by atoms with Gasteiger partial charge in [0.05, 0.1) is 30.9 Å². The molecule has 0 aromatic heterocycles. The average molecular weight is 469 g/mol. The van der Waals surface area contributed by atoms with E-state index >= 15 is 0 Å². The highest BCUT2D eigenvalue weighted by atomic mass is 32.2. The highest BCUT2D eigenvalue weighted by molar-refractivity contribution is 7.89. The van der Waals surface area contributed by atoms with Crippen LogP contribution in [0.5, 0.6) is 17.2 Å². The second-order valence-electron chi connectivity index (χ2n) is 7.27. The zero-order valence-corrected chi connectivity index (χ0v) is 18.9. The Morgan fingerprint density at radius 2 is 1.61 bits per heavy atom. The number of nitrogens with one attached hydrogen (secondary N) is 1. The molecule has 1 aliphatic rings. The number of hydrogen-bond acceptors (Lipinski definition) is 6. The van der Waals surface area contributed by atoms with Crippen molar-refractivity contribution in [1.29, 1.82) is 0 Å². The molecule has 1 saturated heterocycles. The zero-order chi connectivity index (χ0) is 23.3. The minimum Gasteiger partial charge on any atom is -0.495 e. The summed E-state index contributed by atoms with van der Waals surface area (Å²) in [7, 11) is -2.26. The first kappa shape index (κ1) is 22.8. The molecule has 1 N–H and O–H groups in total. The summed E-state index contributed by atoms with van der Waals surface area (Å²) in [5.41, 5.74) is 0.653. The zero-order valence-electron chi connectivity index (χ0n) is 18.1. The van der Waals surface area contributed by atoms with Crippen molar-refractivity contribution < 1.29 is 27.4 Å². The molecule has 0 atom stereocenters. The van der Waals surface area contributed by atoms with Gasteiger partial charge in [0, 0.05) is 18.7 Å². The monoisotopic (exact) mass is 468 g/mol. The number of carbonyl (C=O) groups is 1. The van der Waals surface area contributed by atoms with E-state index in [9.17, 15) is 13.2 Å². The molecule has 0 bridgehead atoms. The largest absolute Gasteiger partial charge is 0.495 e. The van der Waals surface area contributed by atoms with Crippen molar-refractivity contribution in [2.24, 2.45) is 0 Å². The highest BCUT2D eigenvalue weighted by Gasteiger charge is 2.27. The lowest BCUT2D eigenvalue weighted by molar-refractivity contribution is 0.0730. The number of anilines is 1. The van der Waals surface area contributed by atoms with Crippen molar-refractivity contribution in [3.8, 4) is 17.2 Å². The number of nitrogens with zero attached hydrogens (tertiary/aromatic N) is 1. The van der Waals surface area contributed by atoms with Crippen LogP contribution < -0.4 is 14.8 Å². The molecular weight excluding hydrogens is 444 g/mol. The van der Waals surface area contributed by atoms with Crippen molar-refractivity contribution in [1.82, 2.24) is 4.31 Å². The Bertz CT molecular complexity index is 1210. The van der Waals surface area contributed by atoms with Crippen LogP contribution >= 0.6 is 0 Å². The Labute approximate surface area is 192 Å². The van der Waals surface area contributed by atoms with Gasteiger partial charge in [-0.2, -0.15) is 4.31 Å². The van der Waals surface area contributed by atoms with Gasteiger partial charge in [0.1, 0.15) is 17.2 Å². The molecule has 1 fully saturated rings. The number of ether oxygens (including phenoxy) is 3. The van der Waals surface area contributed by atoms with Gasteiger partial charge in [0.15, 0.2) is 0 Å². The maximum atomic E-state index is 13.0. The van der Waals surface area contributed by atoms with Crippen molar-refractivity contribution in [2.45, 2.75) is 4.90 Å². The van der Waals surface area contributed by atoms with Crippen LogP contribution in [0.1, 0.15) is 10.4 Å². The number of carbonyl (C=O) groups excluding carboxylic acids is 1. The number of para-hydroxylation sites is 1. The van der Waals surface area contributed by atoms with Gasteiger partial charge in [0.25, 0.3) is 5.91 Å². The number of sulfonamides is 1. The van der Waals surface area contributed by atoms with Gasteiger partial charge >= 0.3 is 0 Å².